The van der Waals surface area contributed by atoms with Gasteiger partial charge in [-0.3, -0.25) is 4.79 Å². The third-order valence-corrected chi connectivity index (χ3v) is 4.24. The van der Waals surface area contributed by atoms with Gasteiger partial charge in [0.1, 0.15) is 5.75 Å². The van der Waals surface area contributed by atoms with E-state index in [0.717, 1.165) is 5.56 Å². The maximum atomic E-state index is 12.3. The normalized spacial score (nSPS) is 10.5. The zero-order chi connectivity index (χ0) is 22.1. The van der Waals surface area contributed by atoms with Crippen molar-refractivity contribution in [3.05, 3.63) is 90.0 Å². The lowest BCUT2D eigenvalue weighted by molar-refractivity contribution is -0.119. The maximum absolute atomic E-state index is 12.3. The predicted octanol–water partition coefficient (Wildman–Crippen LogP) is 5.20. The molecule has 1 amide bonds. The number of esters is 1. The van der Waals surface area contributed by atoms with Gasteiger partial charge < -0.3 is 19.5 Å². The molecular formula is C25H25NO5. The van der Waals surface area contributed by atoms with Crippen molar-refractivity contribution in [2.45, 2.75) is 26.6 Å². The van der Waals surface area contributed by atoms with Crippen molar-refractivity contribution in [1.82, 2.24) is 0 Å². The smallest absolute Gasteiger partial charge is 0.338 e. The van der Waals surface area contributed by atoms with Gasteiger partial charge in [-0.05, 0) is 55.8 Å². The Kier molecular flexibility index (Phi) is 7.79. The number of para-hydroxylation sites is 3. The van der Waals surface area contributed by atoms with Crippen molar-refractivity contribution in [2.75, 3.05) is 11.9 Å². The SMILES string of the molecule is CC(C)OCc1ccc(C(=O)OCC(=O)Nc2ccccc2Oc2ccccc2)cc1. The molecule has 160 valence electrons. The zero-order valence-corrected chi connectivity index (χ0v) is 17.5. The minimum absolute atomic E-state index is 0.131. The molecule has 0 aliphatic rings. The van der Waals surface area contributed by atoms with Crippen molar-refractivity contribution in [1.29, 1.82) is 0 Å². The highest BCUT2D eigenvalue weighted by molar-refractivity contribution is 5.96. The summed E-state index contributed by atoms with van der Waals surface area (Å²) in [5, 5.41) is 2.72. The van der Waals surface area contributed by atoms with E-state index >= 15 is 0 Å². The highest BCUT2D eigenvalue weighted by Crippen LogP contribution is 2.29. The van der Waals surface area contributed by atoms with Crippen LogP contribution in [-0.4, -0.2) is 24.6 Å². The molecule has 0 saturated heterocycles. The van der Waals surface area contributed by atoms with Crippen LogP contribution in [0.3, 0.4) is 0 Å². The fourth-order valence-electron chi connectivity index (χ4n) is 2.68. The van der Waals surface area contributed by atoms with E-state index in [4.69, 9.17) is 14.2 Å². The average Bonchev–Trinajstić information content (AvgIpc) is 2.78. The lowest BCUT2D eigenvalue weighted by atomic mass is 10.1. The number of hydrogen-bond acceptors (Lipinski definition) is 5. The van der Waals surface area contributed by atoms with Gasteiger partial charge in [0.05, 0.1) is 24.0 Å². The van der Waals surface area contributed by atoms with Crippen LogP contribution in [0.25, 0.3) is 0 Å². The van der Waals surface area contributed by atoms with E-state index in [2.05, 4.69) is 5.32 Å². The molecule has 0 fully saturated rings. The minimum Gasteiger partial charge on any atom is -0.455 e. The molecule has 0 aliphatic heterocycles. The van der Waals surface area contributed by atoms with Gasteiger partial charge in [0.2, 0.25) is 0 Å². The Morgan fingerprint density at radius 2 is 1.55 bits per heavy atom. The number of amides is 1. The average molecular weight is 419 g/mol. The number of carbonyl (C=O) groups excluding carboxylic acids is 2. The fourth-order valence-corrected chi connectivity index (χ4v) is 2.68. The van der Waals surface area contributed by atoms with Crippen molar-refractivity contribution in [3.8, 4) is 11.5 Å². The molecule has 6 heteroatoms. The van der Waals surface area contributed by atoms with Gasteiger partial charge in [0.15, 0.2) is 12.4 Å². The molecule has 0 bridgehead atoms. The second-order valence-corrected chi connectivity index (χ2v) is 7.09. The molecule has 1 N–H and O–H groups in total. The second-order valence-electron chi connectivity index (χ2n) is 7.09. The Hall–Kier alpha value is -3.64. The van der Waals surface area contributed by atoms with Gasteiger partial charge >= 0.3 is 5.97 Å². The first-order valence-electron chi connectivity index (χ1n) is 10.0. The highest BCUT2D eigenvalue weighted by atomic mass is 16.5. The van der Waals surface area contributed by atoms with Crippen LogP contribution >= 0.6 is 0 Å². The standard InChI is InChI=1S/C25H25NO5/c1-18(2)29-16-19-12-14-20(15-13-19)25(28)30-17-24(27)26-22-10-6-7-11-23(22)31-21-8-4-3-5-9-21/h3-15,18H,16-17H2,1-2H3,(H,26,27). The second kappa shape index (κ2) is 10.9. The van der Waals surface area contributed by atoms with Crippen LogP contribution in [0, 0.1) is 0 Å². The quantitative estimate of drug-likeness (QED) is 0.483. The molecule has 0 saturated carbocycles. The van der Waals surface area contributed by atoms with Gasteiger partial charge in [-0.15, -0.1) is 0 Å². The van der Waals surface area contributed by atoms with Crippen LogP contribution in [-0.2, 0) is 20.9 Å². The van der Waals surface area contributed by atoms with Crippen LogP contribution in [0.5, 0.6) is 11.5 Å². The molecule has 0 atom stereocenters. The van der Waals surface area contributed by atoms with Crippen molar-refractivity contribution in [2.24, 2.45) is 0 Å². The molecule has 3 rings (SSSR count). The van der Waals surface area contributed by atoms with Crippen LogP contribution < -0.4 is 10.1 Å². The van der Waals surface area contributed by atoms with Gasteiger partial charge in [0.25, 0.3) is 5.91 Å². The summed E-state index contributed by atoms with van der Waals surface area (Å²) in [5.41, 5.74) is 1.81. The van der Waals surface area contributed by atoms with E-state index in [-0.39, 0.29) is 6.10 Å². The molecule has 0 aromatic heterocycles. The summed E-state index contributed by atoms with van der Waals surface area (Å²) in [6, 6.07) is 23.2. The summed E-state index contributed by atoms with van der Waals surface area (Å²) in [6.45, 7) is 3.99. The number of rotatable bonds is 9. The monoisotopic (exact) mass is 419 g/mol. The predicted molar refractivity (Wildman–Crippen MR) is 118 cm³/mol. The Morgan fingerprint density at radius 3 is 2.26 bits per heavy atom. The Bertz CT molecular complexity index is 1000. The molecular weight excluding hydrogens is 394 g/mol. The first kappa shape index (κ1) is 22.1. The number of benzene rings is 3. The van der Waals surface area contributed by atoms with Gasteiger partial charge in [-0.1, -0.05) is 42.5 Å². The van der Waals surface area contributed by atoms with E-state index in [9.17, 15) is 9.59 Å². The summed E-state index contributed by atoms with van der Waals surface area (Å²) >= 11 is 0. The topological polar surface area (TPSA) is 73.9 Å². The molecule has 6 nitrogen and oxygen atoms in total. The van der Waals surface area contributed by atoms with Crippen molar-refractivity contribution in [3.63, 3.8) is 0 Å². The molecule has 0 aliphatic carbocycles. The summed E-state index contributed by atoms with van der Waals surface area (Å²) in [5.74, 6) is 0.116. The van der Waals surface area contributed by atoms with Crippen molar-refractivity contribution >= 4 is 17.6 Å². The Morgan fingerprint density at radius 1 is 0.871 bits per heavy atom. The van der Waals surface area contributed by atoms with E-state index in [1.54, 1.807) is 42.5 Å². The van der Waals surface area contributed by atoms with Gasteiger partial charge in [-0.2, -0.15) is 0 Å². The molecule has 0 radical (unpaired) electrons. The number of ether oxygens (including phenoxy) is 3. The zero-order valence-electron chi connectivity index (χ0n) is 17.5. The summed E-state index contributed by atoms with van der Waals surface area (Å²) in [4.78, 5) is 24.5. The number of hydrogen-bond donors (Lipinski definition) is 1. The Balaban J connectivity index is 1.53. The fraction of sp³-hybridized carbons (Fsp3) is 0.200. The number of nitrogens with one attached hydrogen (secondary N) is 1. The summed E-state index contributed by atoms with van der Waals surface area (Å²) in [6.07, 6.45) is 0.131. The van der Waals surface area contributed by atoms with E-state index in [1.165, 1.54) is 0 Å². The lowest BCUT2D eigenvalue weighted by Crippen LogP contribution is -2.21. The van der Waals surface area contributed by atoms with Crippen molar-refractivity contribution < 1.29 is 23.8 Å². The summed E-state index contributed by atoms with van der Waals surface area (Å²) in [7, 11) is 0. The first-order valence-corrected chi connectivity index (χ1v) is 10.0. The van der Waals surface area contributed by atoms with E-state index < -0.39 is 18.5 Å². The molecule has 0 heterocycles. The third-order valence-electron chi connectivity index (χ3n) is 4.24. The van der Waals surface area contributed by atoms with E-state index in [1.807, 2.05) is 50.2 Å². The van der Waals surface area contributed by atoms with Gasteiger partial charge in [0, 0.05) is 0 Å². The first-order chi connectivity index (χ1) is 15.0. The lowest BCUT2D eigenvalue weighted by Gasteiger charge is -2.12. The minimum atomic E-state index is -0.569. The molecule has 0 unspecified atom stereocenters. The van der Waals surface area contributed by atoms with Gasteiger partial charge in [-0.25, -0.2) is 4.79 Å². The highest BCUT2D eigenvalue weighted by Gasteiger charge is 2.13. The Labute approximate surface area is 181 Å². The molecule has 3 aromatic rings. The van der Waals surface area contributed by atoms with Crippen LogP contribution in [0.2, 0.25) is 0 Å². The van der Waals surface area contributed by atoms with Crippen LogP contribution in [0.4, 0.5) is 5.69 Å². The number of anilines is 1. The summed E-state index contributed by atoms with van der Waals surface area (Å²) < 4.78 is 16.5. The molecule has 0 spiro atoms. The van der Waals surface area contributed by atoms with E-state index in [0.29, 0.717) is 29.4 Å². The van der Waals surface area contributed by atoms with Crippen LogP contribution in [0.15, 0.2) is 78.9 Å². The van der Waals surface area contributed by atoms with Crippen LogP contribution in [0.1, 0.15) is 29.8 Å². The third kappa shape index (κ3) is 6.97. The molecule has 3 aromatic carbocycles. The largest absolute Gasteiger partial charge is 0.455 e. The molecule has 31 heavy (non-hydrogen) atoms. The number of carbonyl (C=O) groups is 2. The maximum Gasteiger partial charge on any atom is 0.338 e.